The third-order valence-electron chi connectivity index (χ3n) is 6.06. The Morgan fingerprint density at radius 3 is 2.37 bits per heavy atom. The van der Waals surface area contributed by atoms with Gasteiger partial charge in [0, 0.05) is 13.1 Å². The van der Waals surface area contributed by atoms with Crippen molar-refractivity contribution >= 4 is 33.4 Å². The second-order valence-electron chi connectivity index (χ2n) is 7.84. The maximum atomic E-state index is 12.4. The highest BCUT2D eigenvalue weighted by Gasteiger charge is 2.45. The Morgan fingerprint density at radius 2 is 1.83 bits per heavy atom. The van der Waals surface area contributed by atoms with Crippen molar-refractivity contribution in [3.05, 3.63) is 17.8 Å². The molecule has 1 aromatic heterocycles. The summed E-state index contributed by atoms with van der Waals surface area (Å²) in [6, 6.07) is 1.28. The number of nitrogens with two attached hydrogens (primary N) is 1. The van der Waals surface area contributed by atoms with Crippen molar-refractivity contribution in [3.8, 4) is 0 Å². The van der Waals surface area contributed by atoms with Crippen LogP contribution in [0.4, 0.5) is 11.5 Å². The van der Waals surface area contributed by atoms with Gasteiger partial charge in [0.05, 0.1) is 17.6 Å². The summed E-state index contributed by atoms with van der Waals surface area (Å²) in [5.41, 5.74) is 5.12. The highest BCUT2D eigenvalue weighted by molar-refractivity contribution is 7.92. The summed E-state index contributed by atoms with van der Waals surface area (Å²) >= 11 is 0. The number of primary amides is 1. The Kier molecular flexibility index (Phi) is 6.51. The fraction of sp³-hybridized carbons (Fsp3) is 0.632. The number of anilines is 2. The number of pyridine rings is 1. The molecule has 30 heavy (non-hydrogen) atoms. The zero-order valence-electron chi connectivity index (χ0n) is 17.1. The molecular weight excluding hydrogens is 410 g/mol. The van der Waals surface area contributed by atoms with Crippen molar-refractivity contribution in [2.75, 3.05) is 41.6 Å². The van der Waals surface area contributed by atoms with Gasteiger partial charge in [-0.3, -0.25) is 14.4 Å². The van der Waals surface area contributed by atoms with E-state index in [1.54, 1.807) is 0 Å². The van der Waals surface area contributed by atoms with Gasteiger partial charge in [-0.2, -0.15) is 0 Å². The van der Waals surface area contributed by atoms with Gasteiger partial charge in [-0.1, -0.05) is 6.42 Å². The topological polar surface area (TPSA) is 146 Å². The molecule has 0 atom stereocenters. The normalized spacial score (nSPS) is 20.0. The average Bonchev–Trinajstić information content (AvgIpc) is 2.74. The lowest BCUT2D eigenvalue weighted by molar-refractivity contribution is -0.132. The fourth-order valence-corrected chi connectivity index (χ4v) is 4.92. The molecule has 2 aliphatic rings. The average molecular weight is 440 g/mol. The largest absolute Gasteiger partial charge is 0.478 e. The Balaban J connectivity index is 1.81. The summed E-state index contributed by atoms with van der Waals surface area (Å²) in [5.74, 6) is -1.40. The van der Waals surface area contributed by atoms with Crippen molar-refractivity contribution in [1.29, 1.82) is 0 Å². The lowest BCUT2D eigenvalue weighted by Crippen LogP contribution is -2.63. The minimum absolute atomic E-state index is 0.0872. The number of sulfonamides is 1. The van der Waals surface area contributed by atoms with E-state index < -0.39 is 21.5 Å². The van der Waals surface area contributed by atoms with E-state index >= 15 is 0 Å². The number of carboxylic acids is 1. The third-order valence-corrected chi connectivity index (χ3v) is 7.37. The number of carbonyl (C=O) groups is 2. The van der Waals surface area contributed by atoms with Gasteiger partial charge in [0.25, 0.3) is 0 Å². The SMILES string of the molecule is CCS(=O)(=O)Nc1cnc(N2CCC(C(N)=O)(N3CCCCC3)CC2)c(C(=O)O)c1. The van der Waals surface area contributed by atoms with E-state index in [-0.39, 0.29) is 28.7 Å². The van der Waals surface area contributed by atoms with E-state index in [2.05, 4.69) is 14.6 Å². The number of carboxylic acid groups (broad SMARTS) is 1. The first-order valence-corrected chi connectivity index (χ1v) is 11.9. The zero-order valence-corrected chi connectivity index (χ0v) is 17.9. The number of piperidine rings is 2. The van der Waals surface area contributed by atoms with Crippen LogP contribution in [0.2, 0.25) is 0 Å². The number of likely N-dealkylation sites (tertiary alicyclic amines) is 1. The molecule has 2 aliphatic heterocycles. The van der Waals surface area contributed by atoms with Gasteiger partial charge >= 0.3 is 5.97 Å². The first-order chi connectivity index (χ1) is 14.2. The predicted molar refractivity (Wildman–Crippen MR) is 113 cm³/mol. The third kappa shape index (κ3) is 4.51. The Labute approximate surface area is 176 Å². The highest BCUT2D eigenvalue weighted by atomic mass is 32.2. The summed E-state index contributed by atoms with van der Waals surface area (Å²) < 4.78 is 25.9. The molecule has 0 radical (unpaired) electrons. The second kappa shape index (κ2) is 8.76. The van der Waals surface area contributed by atoms with Crippen LogP contribution in [0.15, 0.2) is 12.3 Å². The van der Waals surface area contributed by atoms with E-state index in [4.69, 9.17) is 5.73 Å². The maximum absolute atomic E-state index is 12.4. The molecule has 2 fully saturated rings. The minimum Gasteiger partial charge on any atom is -0.478 e. The van der Waals surface area contributed by atoms with Crippen molar-refractivity contribution in [1.82, 2.24) is 9.88 Å². The van der Waals surface area contributed by atoms with E-state index in [1.807, 2.05) is 4.90 Å². The summed E-state index contributed by atoms with van der Waals surface area (Å²) in [5, 5.41) is 9.64. The minimum atomic E-state index is -3.54. The molecule has 11 heteroatoms. The van der Waals surface area contributed by atoms with Crippen molar-refractivity contribution in [2.45, 2.75) is 44.6 Å². The maximum Gasteiger partial charge on any atom is 0.339 e. The van der Waals surface area contributed by atoms with E-state index in [1.165, 1.54) is 19.2 Å². The van der Waals surface area contributed by atoms with Crippen LogP contribution in [0.5, 0.6) is 0 Å². The molecule has 0 spiro atoms. The number of aromatic carboxylic acids is 1. The second-order valence-corrected chi connectivity index (χ2v) is 9.85. The number of hydrogen-bond donors (Lipinski definition) is 3. The summed E-state index contributed by atoms with van der Waals surface area (Å²) in [6.07, 6.45) is 5.53. The molecule has 0 bridgehead atoms. The number of aromatic nitrogens is 1. The van der Waals surface area contributed by atoms with Crippen molar-refractivity contribution in [2.24, 2.45) is 5.73 Å². The summed E-state index contributed by atoms with van der Waals surface area (Å²) in [4.78, 5) is 32.4. The number of carbonyl (C=O) groups excluding carboxylic acids is 1. The van der Waals surface area contributed by atoms with Crippen LogP contribution in [0.25, 0.3) is 0 Å². The first kappa shape index (κ1) is 22.3. The van der Waals surface area contributed by atoms with Crippen LogP contribution in [0.3, 0.4) is 0 Å². The van der Waals surface area contributed by atoms with Crippen LogP contribution >= 0.6 is 0 Å². The molecule has 0 saturated carbocycles. The van der Waals surface area contributed by atoms with Gasteiger partial charge in [0.15, 0.2) is 0 Å². The van der Waals surface area contributed by atoms with Gasteiger partial charge in [0.2, 0.25) is 15.9 Å². The molecular formula is C19H29N5O5S. The quantitative estimate of drug-likeness (QED) is 0.567. The number of rotatable bonds is 7. The first-order valence-electron chi connectivity index (χ1n) is 10.2. The Hall–Kier alpha value is -2.40. The smallest absolute Gasteiger partial charge is 0.339 e. The lowest BCUT2D eigenvalue weighted by Gasteiger charge is -2.48. The summed E-state index contributed by atoms with van der Waals surface area (Å²) in [6.45, 7) is 4.05. The Morgan fingerprint density at radius 1 is 1.20 bits per heavy atom. The predicted octanol–water partition coefficient (Wildman–Crippen LogP) is 0.852. The number of nitrogens with one attached hydrogen (secondary N) is 1. The van der Waals surface area contributed by atoms with Crippen molar-refractivity contribution in [3.63, 3.8) is 0 Å². The van der Waals surface area contributed by atoms with Gasteiger partial charge in [-0.15, -0.1) is 0 Å². The van der Waals surface area contributed by atoms with E-state index in [9.17, 15) is 23.1 Å². The number of hydrogen-bond acceptors (Lipinski definition) is 7. The van der Waals surface area contributed by atoms with Crippen LogP contribution in [-0.2, 0) is 14.8 Å². The van der Waals surface area contributed by atoms with E-state index in [0.717, 1.165) is 32.4 Å². The van der Waals surface area contributed by atoms with Crippen molar-refractivity contribution < 1.29 is 23.1 Å². The molecule has 0 unspecified atom stereocenters. The molecule has 1 aromatic rings. The van der Waals surface area contributed by atoms with Gasteiger partial charge in [-0.25, -0.2) is 18.2 Å². The van der Waals surface area contributed by atoms with Crippen LogP contribution < -0.4 is 15.4 Å². The molecule has 3 heterocycles. The molecule has 4 N–H and O–H groups in total. The fourth-order valence-electron chi connectivity index (χ4n) is 4.30. The molecule has 2 saturated heterocycles. The van der Waals surface area contributed by atoms with Gasteiger partial charge in [-0.05, 0) is 51.8 Å². The molecule has 0 aliphatic carbocycles. The summed E-state index contributed by atoms with van der Waals surface area (Å²) in [7, 11) is -3.54. The molecule has 3 rings (SSSR count). The van der Waals surface area contributed by atoms with Gasteiger partial charge in [0.1, 0.15) is 16.9 Å². The lowest BCUT2D eigenvalue weighted by atomic mass is 9.83. The molecule has 1 amide bonds. The number of amides is 1. The van der Waals surface area contributed by atoms with Crippen LogP contribution in [0.1, 0.15) is 49.4 Å². The van der Waals surface area contributed by atoms with Gasteiger partial charge < -0.3 is 15.7 Å². The monoisotopic (exact) mass is 439 g/mol. The van der Waals surface area contributed by atoms with Crippen LogP contribution in [-0.4, -0.2) is 72.8 Å². The van der Waals surface area contributed by atoms with E-state index in [0.29, 0.717) is 25.9 Å². The molecule has 0 aromatic carbocycles. The standard InChI is InChI=1S/C19H29N5O5S/c1-2-30(28,29)22-14-12-15(17(25)26)16(21-13-14)23-10-6-19(7-11-23,18(20)27)24-8-4-3-5-9-24/h12-13,22H,2-11H2,1H3,(H2,20,27)(H,25,26). The Bertz CT molecular complexity index is 906. The highest BCUT2D eigenvalue weighted by Crippen LogP contribution is 2.34. The molecule has 166 valence electrons. The zero-order chi connectivity index (χ0) is 21.9. The number of nitrogens with zero attached hydrogens (tertiary/aromatic N) is 3. The van der Waals surface area contributed by atoms with Crippen LogP contribution in [0, 0.1) is 0 Å². The molecule has 10 nitrogen and oxygen atoms in total.